The number of hydrogen-bond acceptors (Lipinski definition) is 4. The summed E-state index contributed by atoms with van der Waals surface area (Å²) in [7, 11) is 0. The van der Waals surface area contributed by atoms with Gasteiger partial charge < -0.3 is 15.1 Å². The van der Waals surface area contributed by atoms with Crippen molar-refractivity contribution in [3.05, 3.63) is 42.2 Å². The number of carbonyl (C=O) groups excluding carboxylic acids is 1. The minimum absolute atomic E-state index is 0.0367. The number of thioether (sulfide) groups is 1. The van der Waals surface area contributed by atoms with Gasteiger partial charge in [-0.05, 0) is 31.7 Å². The molecule has 1 saturated heterocycles. The Bertz CT molecular complexity index is 588. The third kappa shape index (κ3) is 5.75. The summed E-state index contributed by atoms with van der Waals surface area (Å²) in [5, 5.41) is 2.98. The highest BCUT2D eigenvalue weighted by Crippen LogP contribution is 2.28. The summed E-state index contributed by atoms with van der Waals surface area (Å²) < 4.78 is 13.8. The lowest BCUT2D eigenvalue weighted by Crippen LogP contribution is -2.46. The first kappa shape index (κ1) is 19.8. The molecule has 1 heterocycles. The highest BCUT2D eigenvalue weighted by atomic mass is 32.2. The smallest absolute Gasteiger partial charge is 0.230 e. The van der Waals surface area contributed by atoms with Gasteiger partial charge in [0.05, 0.1) is 11.8 Å². The van der Waals surface area contributed by atoms with E-state index in [1.54, 1.807) is 12.1 Å². The Balaban J connectivity index is 2.07. The standard InChI is InChI=1S/C19H28FN3OS/c1-4-12-25-14-19(24)21-15(3)17-13-16(20)6-7-18(17)23-10-8-22(5-2)9-11-23/h4,6-7,13,15H,1,5,8-12,14H2,2-3H3,(H,21,24). The van der Waals surface area contributed by atoms with Gasteiger partial charge >= 0.3 is 0 Å². The minimum Gasteiger partial charge on any atom is -0.369 e. The maximum Gasteiger partial charge on any atom is 0.230 e. The average Bonchev–Trinajstić information content (AvgIpc) is 2.62. The first-order valence-corrected chi connectivity index (χ1v) is 9.95. The van der Waals surface area contributed by atoms with Crippen molar-refractivity contribution < 1.29 is 9.18 Å². The molecule has 1 fully saturated rings. The Hall–Kier alpha value is -1.53. The number of carbonyl (C=O) groups is 1. The van der Waals surface area contributed by atoms with E-state index in [1.807, 2.05) is 13.0 Å². The summed E-state index contributed by atoms with van der Waals surface area (Å²) in [4.78, 5) is 16.8. The van der Waals surface area contributed by atoms with Crippen LogP contribution in [0.5, 0.6) is 0 Å². The van der Waals surface area contributed by atoms with Crippen LogP contribution in [0.4, 0.5) is 10.1 Å². The third-order valence-corrected chi connectivity index (χ3v) is 5.40. The van der Waals surface area contributed by atoms with E-state index in [1.165, 1.54) is 17.8 Å². The molecule has 4 nitrogen and oxygen atoms in total. The lowest BCUT2D eigenvalue weighted by atomic mass is 10.0. The molecule has 1 atom stereocenters. The lowest BCUT2D eigenvalue weighted by molar-refractivity contribution is -0.119. The summed E-state index contributed by atoms with van der Waals surface area (Å²) in [6.07, 6.45) is 1.78. The molecule has 2 rings (SSSR count). The molecule has 0 bridgehead atoms. The fourth-order valence-corrected chi connectivity index (χ4v) is 3.61. The molecule has 1 N–H and O–H groups in total. The molecule has 1 aromatic carbocycles. The molecule has 0 spiro atoms. The molecule has 1 aromatic rings. The van der Waals surface area contributed by atoms with E-state index in [0.717, 1.165) is 49.7 Å². The van der Waals surface area contributed by atoms with Crippen LogP contribution in [-0.4, -0.2) is 55.0 Å². The van der Waals surface area contributed by atoms with Gasteiger partial charge in [-0.15, -0.1) is 18.3 Å². The maximum atomic E-state index is 13.8. The Kier molecular flexibility index (Phi) is 7.78. The van der Waals surface area contributed by atoms with Crippen LogP contribution < -0.4 is 10.2 Å². The average molecular weight is 366 g/mol. The fourth-order valence-electron chi connectivity index (χ4n) is 3.06. The van der Waals surface area contributed by atoms with E-state index in [4.69, 9.17) is 0 Å². The van der Waals surface area contributed by atoms with Crippen molar-refractivity contribution in [3.8, 4) is 0 Å². The van der Waals surface area contributed by atoms with Crippen molar-refractivity contribution in [2.24, 2.45) is 0 Å². The fraction of sp³-hybridized carbons (Fsp3) is 0.526. The number of amides is 1. The SMILES string of the molecule is C=CCSCC(=O)NC(C)c1cc(F)ccc1N1CCN(CC)CC1. The van der Waals surface area contributed by atoms with Crippen LogP contribution in [0.1, 0.15) is 25.5 Å². The first-order valence-electron chi connectivity index (χ1n) is 8.80. The molecule has 0 aliphatic carbocycles. The van der Waals surface area contributed by atoms with Gasteiger partial charge in [0.1, 0.15) is 5.82 Å². The molecule has 1 aliphatic rings. The topological polar surface area (TPSA) is 35.6 Å². The van der Waals surface area contributed by atoms with E-state index >= 15 is 0 Å². The van der Waals surface area contributed by atoms with Gasteiger partial charge in [-0.25, -0.2) is 4.39 Å². The monoisotopic (exact) mass is 365 g/mol. The van der Waals surface area contributed by atoms with Gasteiger partial charge in [-0.1, -0.05) is 13.0 Å². The zero-order chi connectivity index (χ0) is 18.2. The molecular weight excluding hydrogens is 337 g/mol. The number of anilines is 1. The highest BCUT2D eigenvalue weighted by Gasteiger charge is 2.21. The summed E-state index contributed by atoms with van der Waals surface area (Å²) in [6.45, 7) is 12.6. The number of likely N-dealkylation sites (N-methyl/N-ethyl adjacent to an activating group) is 1. The quantitative estimate of drug-likeness (QED) is 0.567. The third-order valence-electron chi connectivity index (χ3n) is 4.46. The zero-order valence-corrected chi connectivity index (χ0v) is 15.9. The molecule has 1 unspecified atom stereocenters. The summed E-state index contributed by atoms with van der Waals surface area (Å²) in [5.74, 6) is 0.823. The number of rotatable bonds is 8. The van der Waals surface area contributed by atoms with E-state index in [2.05, 4.69) is 28.6 Å². The molecule has 138 valence electrons. The first-order chi connectivity index (χ1) is 12.0. The number of nitrogens with zero attached hydrogens (tertiary/aromatic N) is 2. The minimum atomic E-state index is -0.270. The largest absolute Gasteiger partial charge is 0.369 e. The molecule has 25 heavy (non-hydrogen) atoms. The Morgan fingerprint density at radius 3 is 2.76 bits per heavy atom. The van der Waals surface area contributed by atoms with Gasteiger partial charge in [0, 0.05) is 43.2 Å². The van der Waals surface area contributed by atoms with Crippen molar-refractivity contribution in [1.29, 1.82) is 0 Å². The summed E-state index contributed by atoms with van der Waals surface area (Å²) in [5.41, 5.74) is 1.86. The molecule has 0 radical (unpaired) electrons. The van der Waals surface area contributed by atoms with Crippen molar-refractivity contribution in [3.63, 3.8) is 0 Å². The predicted molar refractivity (Wildman–Crippen MR) is 105 cm³/mol. The predicted octanol–water partition coefficient (Wildman–Crippen LogP) is 3.06. The van der Waals surface area contributed by atoms with Crippen LogP contribution in [0.15, 0.2) is 30.9 Å². The number of halogens is 1. The zero-order valence-electron chi connectivity index (χ0n) is 15.1. The van der Waals surface area contributed by atoms with E-state index in [0.29, 0.717) is 5.75 Å². The number of piperazine rings is 1. The second-order valence-electron chi connectivity index (χ2n) is 6.22. The van der Waals surface area contributed by atoms with Gasteiger partial charge in [-0.3, -0.25) is 4.79 Å². The van der Waals surface area contributed by atoms with Crippen molar-refractivity contribution in [2.75, 3.05) is 49.1 Å². The van der Waals surface area contributed by atoms with Gasteiger partial charge in [-0.2, -0.15) is 0 Å². The second-order valence-corrected chi connectivity index (χ2v) is 7.25. The van der Waals surface area contributed by atoms with Crippen molar-refractivity contribution in [1.82, 2.24) is 10.2 Å². The summed E-state index contributed by atoms with van der Waals surface area (Å²) >= 11 is 1.52. The van der Waals surface area contributed by atoms with Crippen LogP contribution in [0.3, 0.4) is 0 Å². The Labute approximate surface area is 154 Å². The van der Waals surface area contributed by atoms with Crippen LogP contribution in [0.25, 0.3) is 0 Å². The Morgan fingerprint density at radius 1 is 1.40 bits per heavy atom. The van der Waals surface area contributed by atoms with E-state index < -0.39 is 0 Å². The number of benzene rings is 1. The van der Waals surface area contributed by atoms with Crippen molar-refractivity contribution >= 4 is 23.4 Å². The van der Waals surface area contributed by atoms with E-state index in [-0.39, 0.29) is 17.8 Å². The van der Waals surface area contributed by atoms with Crippen LogP contribution in [0.2, 0.25) is 0 Å². The van der Waals surface area contributed by atoms with Crippen molar-refractivity contribution in [2.45, 2.75) is 19.9 Å². The second kappa shape index (κ2) is 9.82. The normalized spacial score (nSPS) is 16.5. The lowest BCUT2D eigenvalue weighted by Gasteiger charge is -2.37. The molecule has 0 aromatic heterocycles. The summed E-state index contributed by atoms with van der Waals surface area (Å²) in [6, 6.07) is 4.65. The molecule has 6 heteroatoms. The molecular formula is C19H28FN3OS. The molecule has 1 aliphatic heterocycles. The Morgan fingerprint density at radius 2 is 2.12 bits per heavy atom. The highest BCUT2D eigenvalue weighted by molar-refractivity contribution is 8.00. The van der Waals surface area contributed by atoms with Crippen LogP contribution in [0, 0.1) is 5.82 Å². The molecule has 1 amide bonds. The van der Waals surface area contributed by atoms with Gasteiger partial charge in [0.15, 0.2) is 0 Å². The van der Waals surface area contributed by atoms with Gasteiger partial charge in [0.25, 0.3) is 0 Å². The maximum absolute atomic E-state index is 13.8. The number of nitrogens with one attached hydrogen (secondary N) is 1. The van der Waals surface area contributed by atoms with Gasteiger partial charge in [0.2, 0.25) is 5.91 Å². The van der Waals surface area contributed by atoms with Crippen LogP contribution >= 0.6 is 11.8 Å². The number of hydrogen-bond donors (Lipinski definition) is 1. The van der Waals surface area contributed by atoms with E-state index in [9.17, 15) is 9.18 Å². The van der Waals surface area contributed by atoms with Crippen LogP contribution in [-0.2, 0) is 4.79 Å². The molecule has 0 saturated carbocycles.